The number of aryl methyl sites for hydroxylation is 1. The van der Waals surface area contributed by atoms with Crippen LogP contribution in [0.4, 0.5) is 5.13 Å². The third kappa shape index (κ3) is 3.62. The molecule has 0 aliphatic heterocycles. The summed E-state index contributed by atoms with van der Waals surface area (Å²) in [6.45, 7) is 2.05. The second-order valence-electron chi connectivity index (χ2n) is 4.89. The number of nitrogens with zero attached hydrogens (tertiary/aromatic N) is 3. The fourth-order valence-corrected chi connectivity index (χ4v) is 2.90. The molecule has 0 atom stereocenters. The Morgan fingerprint density at radius 2 is 1.87 bits per heavy atom. The Bertz CT molecular complexity index is 858. The SMILES string of the molecule is Cc1sc(N/N=C\c2ccc(C#N)cc2)nc1-c1ccccc1. The molecule has 0 saturated heterocycles. The molecule has 0 aliphatic rings. The first-order valence-corrected chi connectivity index (χ1v) is 7.90. The van der Waals surface area contributed by atoms with Crippen molar-refractivity contribution in [1.82, 2.24) is 4.98 Å². The minimum atomic E-state index is 0.637. The van der Waals surface area contributed by atoms with Crippen LogP contribution in [0.1, 0.15) is 16.0 Å². The third-order valence-electron chi connectivity index (χ3n) is 3.26. The van der Waals surface area contributed by atoms with E-state index in [1.807, 2.05) is 42.5 Å². The number of rotatable bonds is 4. The van der Waals surface area contributed by atoms with E-state index >= 15 is 0 Å². The molecule has 0 aliphatic carbocycles. The van der Waals surface area contributed by atoms with Crippen molar-refractivity contribution in [2.75, 3.05) is 5.43 Å². The Hall–Kier alpha value is -2.97. The van der Waals surface area contributed by atoms with Gasteiger partial charge in [0, 0.05) is 10.4 Å². The predicted molar refractivity (Wildman–Crippen MR) is 94.7 cm³/mol. The molecule has 0 saturated carbocycles. The normalized spacial score (nSPS) is 10.6. The molecule has 3 rings (SSSR count). The van der Waals surface area contributed by atoms with E-state index in [0.717, 1.165) is 26.8 Å². The van der Waals surface area contributed by atoms with Crippen LogP contribution in [-0.2, 0) is 0 Å². The lowest BCUT2D eigenvalue weighted by Gasteiger charge is -1.97. The van der Waals surface area contributed by atoms with Crippen molar-refractivity contribution in [3.8, 4) is 17.3 Å². The lowest BCUT2D eigenvalue weighted by molar-refractivity contribution is 1.28. The van der Waals surface area contributed by atoms with Crippen molar-refractivity contribution in [2.24, 2.45) is 5.10 Å². The van der Waals surface area contributed by atoms with Crippen molar-refractivity contribution >= 4 is 22.7 Å². The highest BCUT2D eigenvalue weighted by atomic mass is 32.1. The lowest BCUT2D eigenvalue weighted by atomic mass is 10.1. The van der Waals surface area contributed by atoms with E-state index in [1.165, 1.54) is 0 Å². The van der Waals surface area contributed by atoms with Crippen LogP contribution in [0.15, 0.2) is 59.7 Å². The van der Waals surface area contributed by atoms with Crippen LogP contribution in [0.25, 0.3) is 11.3 Å². The highest BCUT2D eigenvalue weighted by molar-refractivity contribution is 7.15. The summed E-state index contributed by atoms with van der Waals surface area (Å²) in [5, 5.41) is 13.7. The lowest BCUT2D eigenvalue weighted by Crippen LogP contribution is -1.90. The molecular formula is C18H14N4S. The molecule has 23 heavy (non-hydrogen) atoms. The van der Waals surface area contributed by atoms with E-state index in [1.54, 1.807) is 29.7 Å². The molecular weight excluding hydrogens is 304 g/mol. The summed E-state index contributed by atoms with van der Waals surface area (Å²) in [5.74, 6) is 0. The molecule has 1 heterocycles. The summed E-state index contributed by atoms with van der Waals surface area (Å²) in [6, 6.07) is 19.4. The fraction of sp³-hybridized carbons (Fsp3) is 0.0556. The molecule has 2 aromatic carbocycles. The van der Waals surface area contributed by atoms with Crippen LogP contribution in [0.3, 0.4) is 0 Å². The summed E-state index contributed by atoms with van der Waals surface area (Å²) >= 11 is 1.57. The molecule has 112 valence electrons. The second kappa shape index (κ2) is 6.86. The van der Waals surface area contributed by atoms with Crippen molar-refractivity contribution in [3.05, 3.63) is 70.6 Å². The van der Waals surface area contributed by atoms with Crippen LogP contribution in [0.5, 0.6) is 0 Å². The molecule has 3 aromatic rings. The minimum absolute atomic E-state index is 0.637. The molecule has 1 aromatic heterocycles. The summed E-state index contributed by atoms with van der Waals surface area (Å²) in [5.41, 5.74) is 6.61. The standard InChI is InChI=1S/C18H14N4S/c1-13-17(16-5-3-2-4-6-16)21-18(23-13)22-20-12-15-9-7-14(11-19)8-10-15/h2-10,12H,1H3,(H,21,22)/b20-12-. The number of benzene rings is 2. The van der Waals surface area contributed by atoms with Gasteiger partial charge in [0.1, 0.15) is 0 Å². The van der Waals surface area contributed by atoms with Gasteiger partial charge in [-0.05, 0) is 24.6 Å². The van der Waals surface area contributed by atoms with Gasteiger partial charge in [0.25, 0.3) is 0 Å². The van der Waals surface area contributed by atoms with E-state index in [4.69, 9.17) is 5.26 Å². The maximum atomic E-state index is 8.77. The largest absolute Gasteiger partial charge is 0.253 e. The number of aromatic nitrogens is 1. The molecule has 4 nitrogen and oxygen atoms in total. The number of thiazole rings is 1. The number of hydrogen-bond acceptors (Lipinski definition) is 5. The van der Waals surface area contributed by atoms with Gasteiger partial charge < -0.3 is 0 Å². The van der Waals surface area contributed by atoms with E-state index in [-0.39, 0.29) is 0 Å². The molecule has 0 unspecified atom stereocenters. The highest BCUT2D eigenvalue weighted by Gasteiger charge is 2.08. The van der Waals surface area contributed by atoms with Crippen molar-refractivity contribution < 1.29 is 0 Å². The average Bonchev–Trinajstić information content (AvgIpc) is 2.97. The smallest absolute Gasteiger partial charge is 0.204 e. The Morgan fingerprint density at radius 3 is 2.57 bits per heavy atom. The average molecular weight is 318 g/mol. The van der Waals surface area contributed by atoms with Gasteiger partial charge in [-0.15, -0.1) is 11.3 Å². The highest BCUT2D eigenvalue weighted by Crippen LogP contribution is 2.30. The number of hydrogen-bond donors (Lipinski definition) is 1. The summed E-state index contributed by atoms with van der Waals surface area (Å²) in [7, 11) is 0. The maximum Gasteiger partial charge on any atom is 0.204 e. The number of nitriles is 1. The first-order valence-electron chi connectivity index (χ1n) is 7.08. The minimum Gasteiger partial charge on any atom is -0.253 e. The van der Waals surface area contributed by atoms with Gasteiger partial charge in [0.2, 0.25) is 5.13 Å². The zero-order chi connectivity index (χ0) is 16.1. The zero-order valence-corrected chi connectivity index (χ0v) is 13.3. The van der Waals surface area contributed by atoms with Gasteiger partial charge in [-0.3, -0.25) is 5.43 Å². The Morgan fingerprint density at radius 1 is 1.13 bits per heavy atom. The van der Waals surface area contributed by atoms with Crippen LogP contribution in [-0.4, -0.2) is 11.2 Å². The monoisotopic (exact) mass is 318 g/mol. The summed E-state index contributed by atoms with van der Waals surface area (Å²) in [6.07, 6.45) is 1.71. The third-order valence-corrected chi connectivity index (χ3v) is 4.13. The van der Waals surface area contributed by atoms with Gasteiger partial charge in [-0.1, -0.05) is 42.5 Å². The zero-order valence-electron chi connectivity index (χ0n) is 12.5. The fourth-order valence-electron chi connectivity index (χ4n) is 2.11. The molecule has 0 fully saturated rings. The maximum absolute atomic E-state index is 8.77. The molecule has 0 bridgehead atoms. The Balaban J connectivity index is 1.71. The summed E-state index contributed by atoms with van der Waals surface area (Å²) < 4.78 is 0. The van der Waals surface area contributed by atoms with E-state index in [9.17, 15) is 0 Å². The van der Waals surface area contributed by atoms with Crippen molar-refractivity contribution in [1.29, 1.82) is 5.26 Å². The first-order chi connectivity index (χ1) is 11.3. The predicted octanol–water partition coefficient (Wildman–Crippen LogP) is 4.44. The second-order valence-corrected chi connectivity index (χ2v) is 6.10. The van der Waals surface area contributed by atoms with Crippen molar-refractivity contribution in [2.45, 2.75) is 6.92 Å². The van der Waals surface area contributed by atoms with Gasteiger partial charge >= 0.3 is 0 Å². The van der Waals surface area contributed by atoms with Crippen LogP contribution in [0, 0.1) is 18.3 Å². The van der Waals surface area contributed by atoms with Gasteiger partial charge in [-0.2, -0.15) is 10.4 Å². The van der Waals surface area contributed by atoms with Gasteiger partial charge in [0.05, 0.1) is 23.5 Å². The Labute approximate surface area is 138 Å². The van der Waals surface area contributed by atoms with E-state index < -0.39 is 0 Å². The van der Waals surface area contributed by atoms with Crippen LogP contribution in [0.2, 0.25) is 0 Å². The van der Waals surface area contributed by atoms with Crippen molar-refractivity contribution in [3.63, 3.8) is 0 Å². The van der Waals surface area contributed by atoms with Gasteiger partial charge in [-0.25, -0.2) is 4.98 Å². The Kier molecular flexibility index (Phi) is 4.46. The topological polar surface area (TPSA) is 61.1 Å². The quantitative estimate of drug-likeness (QED) is 0.571. The van der Waals surface area contributed by atoms with Crippen LogP contribution < -0.4 is 5.43 Å². The molecule has 1 N–H and O–H groups in total. The first kappa shape index (κ1) is 14.9. The molecule has 0 radical (unpaired) electrons. The number of anilines is 1. The molecule has 0 spiro atoms. The van der Waals surface area contributed by atoms with Crippen LogP contribution >= 0.6 is 11.3 Å². The molecule has 0 amide bonds. The number of hydrazone groups is 1. The number of nitrogens with one attached hydrogen (secondary N) is 1. The molecule has 5 heteroatoms. The van der Waals surface area contributed by atoms with E-state index in [0.29, 0.717) is 5.56 Å². The van der Waals surface area contributed by atoms with E-state index in [2.05, 4.69) is 28.5 Å². The van der Waals surface area contributed by atoms with Gasteiger partial charge in [0.15, 0.2) is 0 Å². The summed E-state index contributed by atoms with van der Waals surface area (Å²) in [4.78, 5) is 5.73.